The first-order chi connectivity index (χ1) is 7.51. The van der Waals surface area contributed by atoms with Gasteiger partial charge in [-0.05, 0) is 6.92 Å². The van der Waals surface area contributed by atoms with E-state index in [9.17, 15) is 4.79 Å². The van der Waals surface area contributed by atoms with Gasteiger partial charge < -0.3 is 19.1 Å². The van der Waals surface area contributed by atoms with Gasteiger partial charge >= 0.3 is 0 Å². The van der Waals surface area contributed by atoms with E-state index in [0.717, 1.165) is 0 Å². The molecule has 0 aromatic rings. The molecule has 1 aliphatic rings. The largest absolute Gasteiger partial charge is 0.379 e. The lowest BCUT2D eigenvalue weighted by molar-refractivity contribution is -0.227. The molecule has 16 heavy (non-hydrogen) atoms. The van der Waals surface area contributed by atoms with E-state index in [-0.39, 0.29) is 30.4 Å². The predicted octanol–water partition coefficient (Wildman–Crippen LogP) is 0.630. The summed E-state index contributed by atoms with van der Waals surface area (Å²) in [5.74, 6) is 0.0124. The van der Waals surface area contributed by atoms with Crippen LogP contribution in [-0.2, 0) is 19.0 Å². The third-order valence-electron chi connectivity index (χ3n) is 3.16. The Morgan fingerprint density at radius 3 is 2.44 bits per heavy atom. The van der Waals surface area contributed by atoms with Gasteiger partial charge in [0.2, 0.25) is 5.91 Å². The van der Waals surface area contributed by atoms with Crippen molar-refractivity contribution in [2.45, 2.75) is 44.8 Å². The summed E-state index contributed by atoms with van der Waals surface area (Å²) in [6.45, 7) is 3.48. The number of methoxy groups -OCH3 is 2. The summed E-state index contributed by atoms with van der Waals surface area (Å²) in [6, 6.07) is -0.0612. The van der Waals surface area contributed by atoms with Gasteiger partial charge in [0, 0.05) is 34.6 Å². The molecule has 94 valence electrons. The number of nitrogens with zero attached hydrogens (tertiary/aromatic N) is 1. The average Bonchev–Trinajstić information content (AvgIpc) is 2.26. The van der Waals surface area contributed by atoms with Crippen molar-refractivity contribution >= 4 is 5.91 Å². The number of ether oxygens (including phenoxy) is 3. The van der Waals surface area contributed by atoms with Crippen LogP contribution in [0.1, 0.15) is 20.3 Å². The molecule has 5 heteroatoms. The fraction of sp³-hybridized carbons (Fsp3) is 0.909. The van der Waals surface area contributed by atoms with Gasteiger partial charge in [0.05, 0.1) is 18.2 Å². The van der Waals surface area contributed by atoms with Crippen molar-refractivity contribution in [2.24, 2.45) is 0 Å². The van der Waals surface area contributed by atoms with Gasteiger partial charge in [0.25, 0.3) is 0 Å². The Labute approximate surface area is 96.6 Å². The van der Waals surface area contributed by atoms with Crippen LogP contribution < -0.4 is 0 Å². The van der Waals surface area contributed by atoms with Crippen LogP contribution in [0.25, 0.3) is 0 Å². The molecule has 0 bridgehead atoms. The zero-order chi connectivity index (χ0) is 12.3. The van der Waals surface area contributed by atoms with E-state index >= 15 is 0 Å². The Kier molecular flexibility index (Phi) is 4.70. The molecule has 1 rings (SSSR count). The summed E-state index contributed by atoms with van der Waals surface area (Å²) < 4.78 is 16.3. The SMILES string of the molecule is COC1CC(OC)C(N(C)C(C)=O)C(C)O1. The van der Waals surface area contributed by atoms with E-state index in [0.29, 0.717) is 6.42 Å². The van der Waals surface area contributed by atoms with Crippen LogP contribution >= 0.6 is 0 Å². The smallest absolute Gasteiger partial charge is 0.219 e. The zero-order valence-electron chi connectivity index (χ0n) is 10.6. The maximum absolute atomic E-state index is 11.4. The summed E-state index contributed by atoms with van der Waals surface area (Å²) in [6.07, 6.45) is 0.233. The van der Waals surface area contributed by atoms with E-state index in [4.69, 9.17) is 14.2 Å². The molecule has 0 aliphatic carbocycles. The Balaban J connectivity index is 2.77. The van der Waals surface area contributed by atoms with Crippen LogP contribution in [0.2, 0.25) is 0 Å². The van der Waals surface area contributed by atoms with Crippen LogP contribution in [0.3, 0.4) is 0 Å². The van der Waals surface area contributed by atoms with Crippen LogP contribution in [0.4, 0.5) is 0 Å². The van der Waals surface area contributed by atoms with Crippen LogP contribution in [-0.4, -0.2) is 56.6 Å². The lowest BCUT2D eigenvalue weighted by Crippen LogP contribution is -2.57. The molecular weight excluding hydrogens is 210 g/mol. The van der Waals surface area contributed by atoms with Gasteiger partial charge in [-0.25, -0.2) is 0 Å². The van der Waals surface area contributed by atoms with Gasteiger partial charge in [0.1, 0.15) is 0 Å². The first-order valence-electron chi connectivity index (χ1n) is 5.45. The molecule has 0 N–H and O–H groups in total. The van der Waals surface area contributed by atoms with E-state index < -0.39 is 0 Å². The number of amides is 1. The molecule has 0 aromatic carbocycles. The number of likely N-dealkylation sites (N-methyl/N-ethyl adjacent to an activating group) is 1. The van der Waals surface area contributed by atoms with Crippen LogP contribution in [0, 0.1) is 0 Å². The summed E-state index contributed by atoms with van der Waals surface area (Å²) in [7, 11) is 5.03. The minimum Gasteiger partial charge on any atom is -0.379 e. The quantitative estimate of drug-likeness (QED) is 0.715. The molecule has 5 nitrogen and oxygen atoms in total. The number of carbonyl (C=O) groups excluding carboxylic acids is 1. The zero-order valence-corrected chi connectivity index (χ0v) is 10.6. The highest BCUT2D eigenvalue weighted by Gasteiger charge is 2.39. The molecule has 1 aliphatic heterocycles. The highest BCUT2D eigenvalue weighted by Crippen LogP contribution is 2.26. The molecule has 0 saturated carbocycles. The standard InChI is InChI=1S/C11H21NO4/c1-7-11(12(3)8(2)13)9(14-4)6-10(15-5)16-7/h7,9-11H,6H2,1-5H3. The lowest BCUT2D eigenvalue weighted by atomic mass is 9.98. The molecule has 1 amide bonds. The first kappa shape index (κ1) is 13.4. The monoisotopic (exact) mass is 231 g/mol. The molecule has 1 heterocycles. The fourth-order valence-electron chi connectivity index (χ4n) is 2.17. The van der Waals surface area contributed by atoms with E-state index in [2.05, 4.69) is 0 Å². The predicted molar refractivity (Wildman–Crippen MR) is 59.0 cm³/mol. The van der Waals surface area contributed by atoms with Crippen molar-refractivity contribution in [3.05, 3.63) is 0 Å². The van der Waals surface area contributed by atoms with Crippen molar-refractivity contribution in [2.75, 3.05) is 21.3 Å². The number of carbonyl (C=O) groups is 1. The van der Waals surface area contributed by atoms with Crippen molar-refractivity contribution in [1.82, 2.24) is 4.90 Å². The lowest BCUT2D eigenvalue weighted by Gasteiger charge is -2.43. The summed E-state index contributed by atoms with van der Waals surface area (Å²) in [4.78, 5) is 13.1. The van der Waals surface area contributed by atoms with Crippen molar-refractivity contribution in [3.8, 4) is 0 Å². The van der Waals surface area contributed by atoms with Gasteiger partial charge in [-0.1, -0.05) is 0 Å². The van der Waals surface area contributed by atoms with Gasteiger partial charge in [-0.2, -0.15) is 0 Å². The normalized spacial score (nSPS) is 34.8. The number of rotatable bonds is 3. The van der Waals surface area contributed by atoms with E-state index in [1.54, 1.807) is 33.1 Å². The van der Waals surface area contributed by atoms with Crippen LogP contribution in [0.15, 0.2) is 0 Å². The van der Waals surface area contributed by atoms with Gasteiger partial charge in [0.15, 0.2) is 6.29 Å². The molecule has 4 atom stereocenters. The Hall–Kier alpha value is -0.650. The summed E-state index contributed by atoms with van der Waals surface area (Å²) in [5.41, 5.74) is 0. The topological polar surface area (TPSA) is 48.0 Å². The van der Waals surface area contributed by atoms with Crippen molar-refractivity contribution in [1.29, 1.82) is 0 Å². The molecule has 1 saturated heterocycles. The number of hydrogen-bond donors (Lipinski definition) is 0. The van der Waals surface area contributed by atoms with Crippen LogP contribution in [0.5, 0.6) is 0 Å². The second-order valence-corrected chi connectivity index (χ2v) is 4.14. The fourth-order valence-corrected chi connectivity index (χ4v) is 2.17. The third-order valence-corrected chi connectivity index (χ3v) is 3.16. The summed E-state index contributed by atoms with van der Waals surface area (Å²) >= 11 is 0. The molecular formula is C11H21NO4. The summed E-state index contributed by atoms with van der Waals surface area (Å²) in [5, 5.41) is 0. The molecule has 1 fully saturated rings. The molecule has 0 radical (unpaired) electrons. The maximum atomic E-state index is 11.4. The second kappa shape index (κ2) is 5.61. The maximum Gasteiger partial charge on any atom is 0.219 e. The minimum absolute atomic E-state index is 0.0124. The Bertz CT molecular complexity index is 246. The van der Waals surface area contributed by atoms with Crippen molar-refractivity contribution in [3.63, 3.8) is 0 Å². The first-order valence-corrected chi connectivity index (χ1v) is 5.45. The molecule has 0 aromatic heterocycles. The van der Waals surface area contributed by atoms with Gasteiger partial charge in [-0.15, -0.1) is 0 Å². The number of hydrogen-bond acceptors (Lipinski definition) is 4. The molecule has 0 spiro atoms. The average molecular weight is 231 g/mol. The van der Waals surface area contributed by atoms with E-state index in [1.807, 2.05) is 6.92 Å². The third kappa shape index (κ3) is 2.72. The Morgan fingerprint density at radius 1 is 1.38 bits per heavy atom. The Morgan fingerprint density at radius 2 is 2.00 bits per heavy atom. The highest BCUT2D eigenvalue weighted by molar-refractivity contribution is 5.73. The molecule has 4 unspecified atom stereocenters. The van der Waals surface area contributed by atoms with Crippen molar-refractivity contribution < 1.29 is 19.0 Å². The van der Waals surface area contributed by atoms with E-state index in [1.165, 1.54) is 0 Å². The van der Waals surface area contributed by atoms with Gasteiger partial charge in [-0.3, -0.25) is 4.79 Å². The highest BCUT2D eigenvalue weighted by atomic mass is 16.7. The minimum atomic E-state index is -0.253. The second-order valence-electron chi connectivity index (χ2n) is 4.14.